The maximum atomic E-state index is 10.4. The first-order valence-electron chi connectivity index (χ1n) is 7.57. The lowest BCUT2D eigenvalue weighted by Gasteiger charge is -2.35. The number of phenols is 1. The summed E-state index contributed by atoms with van der Waals surface area (Å²) < 4.78 is 0. The number of nitrogens with zero attached hydrogens (tertiary/aromatic N) is 1. The van der Waals surface area contributed by atoms with E-state index in [1.54, 1.807) is 6.07 Å². The van der Waals surface area contributed by atoms with Crippen molar-refractivity contribution in [2.75, 3.05) is 32.8 Å². The zero-order valence-electron chi connectivity index (χ0n) is 12.5. The Morgan fingerprint density at radius 3 is 2.55 bits per heavy atom. The zero-order chi connectivity index (χ0) is 14.7. The fraction of sp³-hybridized carbons (Fsp3) is 0.412. The lowest BCUT2D eigenvalue weighted by molar-refractivity contribution is 0.140. The Kier molecular flexibility index (Phi) is 6.03. The molecule has 5 heteroatoms. The van der Waals surface area contributed by atoms with Gasteiger partial charge in [0.25, 0.3) is 0 Å². The molecule has 3 N–H and O–H groups in total. The van der Waals surface area contributed by atoms with Crippen LogP contribution in [0.25, 0.3) is 10.8 Å². The van der Waals surface area contributed by atoms with Crippen LogP contribution in [0.15, 0.2) is 36.4 Å². The van der Waals surface area contributed by atoms with Gasteiger partial charge in [-0.15, -0.1) is 12.4 Å². The molecule has 22 heavy (non-hydrogen) atoms. The third-order valence-corrected chi connectivity index (χ3v) is 4.28. The molecule has 1 atom stereocenters. The molecule has 1 heterocycles. The number of piperazine rings is 1. The van der Waals surface area contributed by atoms with E-state index in [0.717, 1.165) is 42.5 Å². The summed E-state index contributed by atoms with van der Waals surface area (Å²) in [7, 11) is 0. The van der Waals surface area contributed by atoms with Crippen molar-refractivity contribution in [3.8, 4) is 5.75 Å². The van der Waals surface area contributed by atoms with Crippen LogP contribution in [0, 0.1) is 0 Å². The van der Waals surface area contributed by atoms with Crippen LogP contribution >= 0.6 is 12.4 Å². The molecule has 0 amide bonds. The molecule has 0 unspecified atom stereocenters. The van der Waals surface area contributed by atoms with Crippen LogP contribution in [-0.2, 0) is 0 Å². The molecule has 2 aromatic rings. The Balaban J connectivity index is 0.00000176. The SMILES string of the molecule is Cl.OCC[C@@H](c1c(O)ccc2ccccc12)N1CCNCC1. The molecule has 1 aliphatic rings. The van der Waals surface area contributed by atoms with Gasteiger partial charge in [0.1, 0.15) is 5.75 Å². The number of fused-ring (bicyclic) bond motifs is 1. The minimum atomic E-state index is 0. The number of nitrogens with one attached hydrogen (secondary N) is 1. The predicted octanol–water partition coefficient (Wildman–Crippen LogP) is 2.30. The normalized spacial score (nSPS) is 17.1. The molecule has 0 aromatic heterocycles. The van der Waals surface area contributed by atoms with Crippen molar-refractivity contribution in [3.05, 3.63) is 42.0 Å². The van der Waals surface area contributed by atoms with E-state index in [4.69, 9.17) is 0 Å². The maximum absolute atomic E-state index is 10.4. The second kappa shape index (κ2) is 7.79. The van der Waals surface area contributed by atoms with Crippen LogP contribution in [0.5, 0.6) is 5.75 Å². The monoisotopic (exact) mass is 322 g/mol. The predicted molar refractivity (Wildman–Crippen MR) is 91.7 cm³/mol. The number of hydrogen-bond donors (Lipinski definition) is 3. The molecule has 0 radical (unpaired) electrons. The first kappa shape index (κ1) is 17.0. The van der Waals surface area contributed by atoms with Crippen LogP contribution in [-0.4, -0.2) is 47.9 Å². The van der Waals surface area contributed by atoms with Gasteiger partial charge in [0, 0.05) is 44.4 Å². The number of aliphatic hydroxyl groups is 1. The molecular weight excluding hydrogens is 300 g/mol. The molecule has 0 aliphatic carbocycles. The number of aliphatic hydroxyl groups excluding tert-OH is 1. The van der Waals surface area contributed by atoms with E-state index in [0.29, 0.717) is 12.2 Å². The van der Waals surface area contributed by atoms with Crippen molar-refractivity contribution in [2.24, 2.45) is 0 Å². The standard InChI is InChI=1S/C17H22N2O2.ClH/c20-12-7-15(19-10-8-18-9-11-19)17-14-4-2-1-3-13(14)5-6-16(17)21;/h1-6,15,18,20-21H,7-12H2;1H/t15-;/m0./s1. The number of aromatic hydroxyl groups is 1. The number of hydrogen-bond acceptors (Lipinski definition) is 4. The van der Waals surface area contributed by atoms with Gasteiger partial charge in [-0.25, -0.2) is 0 Å². The summed E-state index contributed by atoms with van der Waals surface area (Å²) in [6.07, 6.45) is 0.640. The molecule has 2 aromatic carbocycles. The molecule has 0 saturated carbocycles. The Labute approximate surface area is 137 Å². The van der Waals surface area contributed by atoms with E-state index in [-0.39, 0.29) is 25.1 Å². The maximum Gasteiger partial charge on any atom is 0.121 e. The first-order valence-corrected chi connectivity index (χ1v) is 7.57. The van der Waals surface area contributed by atoms with Crippen LogP contribution in [0.3, 0.4) is 0 Å². The van der Waals surface area contributed by atoms with Crippen molar-refractivity contribution in [1.82, 2.24) is 10.2 Å². The van der Waals surface area contributed by atoms with Gasteiger partial charge in [0.15, 0.2) is 0 Å². The molecule has 120 valence electrons. The van der Waals surface area contributed by atoms with Gasteiger partial charge in [-0.1, -0.05) is 30.3 Å². The van der Waals surface area contributed by atoms with E-state index >= 15 is 0 Å². The summed E-state index contributed by atoms with van der Waals surface area (Å²) in [5.41, 5.74) is 0.948. The molecule has 1 fully saturated rings. The number of benzene rings is 2. The molecule has 1 aliphatic heterocycles. The van der Waals surface area contributed by atoms with Crippen LogP contribution in [0.2, 0.25) is 0 Å². The highest BCUT2D eigenvalue weighted by atomic mass is 35.5. The molecule has 1 saturated heterocycles. The first-order chi connectivity index (χ1) is 10.3. The highest BCUT2D eigenvalue weighted by Gasteiger charge is 2.25. The molecule has 4 nitrogen and oxygen atoms in total. The number of phenolic OH excluding ortho intramolecular Hbond substituents is 1. The smallest absolute Gasteiger partial charge is 0.121 e. The summed E-state index contributed by atoms with van der Waals surface area (Å²) in [5.74, 6) is 0.325. The minimum Gasteiger partial charge on any atom is -0.508 e. The number of halogens is 1. The van der Waals surface area contributed by atoms with Crippen molar-refractivity contribution in [1.29, 1.82) is 0 Å². The summed E-state index contributed by atoms with van der Waals surface area (Å²) in [4.78, 5) is 2.36. The Morgan fingerprint density at radius 1 is 1.09 bits per heavy atom. The topological polar surface area (TPSA) is 55.7 Å². The second-order valence-corrected chi connectivity index (χ2v) is 5.53. The van der Waals surface area contributed by atoms with Gasteiger partial charge in [-0.2, -0.15) is 0 Å². The fourth-order valence-corrected chi connectivity index (χ4v) is 3.26. The number of rotatable bonds is 4. The van der Waals surface area contributed by atoms with Gasteiger partial charge < -0.3 is 15.5 Å². The zero-order valence-corrected chi connectivity index (χ0v) is 13.4. The lowest BCUT2D eigenvalue weighted by atomic mass is 9.94. The highest BCUT2D eigenvalue weighted by Crippen LogP contribution is 2.37. The van der Waals surface area contributed by atoms with E-state index in [1.807, 2.05) is 18.2 Å². The quantitative estimate of drug-likeness (QED) is 0.808. The molecule has 0 spiro atoms. The average molecular weight is 323 g/mol. The van der Waals surface area contributed by atoms with E-state index < -0.39 is 0 Å². The van der Waals surface area contributed by atoms with E-state index in [9.17, 15) is 10.2 Å². The van der Waals surface area contributed by atoms with Gasteiger partial charge in [-0.3, -0.25) is 4.90 Å². The molecular formula is C17H23ClN2O2. The largest absolute Gasteiger partial charge is 0.508 e. The third kappa shape index (κ3) is 3.36. The van der Waals surface area contributed by atoms with Crippen molar-refractivity contribution in [3.63, 3.8) is 0 Å². The Bertz CT molecular complexity index is 615. The van der Waals surface area contributed by atoms with Crippen LogP contribution < -0.4 is 5.32 Å². The fourth-order valence-electron chi connectivity index (χ4n) is 3.26. The van der Waals surface area contributed by atoms with Crippen LogP contribution in [0.4, 0.5) is 0 Å². The van der Waals surface area contributed by atoms with Crippen molar-refractivity contribution in [2.45, 2.75) is 12.5 Å². The summed E-state index contributed by atoms with van der Waals surface area (Å²) >= 11 is 0. The Morgan fingerprint density at radius 2 is 1.82 bits per heavy atom. The van der Waals surface area contributed by atoms with Gasteiger partial charge in [0.2, 0.25) is 0 Å². The summed E-state index contributed by atoms with van der Waals surface area (Å²) in [6.45, 7) is 3.90. The second-order valence-electron chi connectivity index (χ2n) is 5.53. The van der Waals surface area contributed by atoms with Crippen molar-refractivity contribution >= 4 is 23.2 Å². The summed E-state index contributed by atoms with van der Waals surface area (Å²) in [6, 6.07) is 11.9. The lowest BCUT2D eigenvalue weighted by Crippen LogP contribution is -2.45. The molecule has 3 rings (SSSR count). The Hall–Kier alpha value is -1.33. The van der Waals surface area contributed by atoms with Gasteiger partial charge in [0.05, 0.1) is 0 Å². The van der Waals surface area contributed by atoms with Crippen LogP contribution in [0.1, 0.15) is 18.0 Å². The van der Waals surface area contributed by atoms with E-state index in [1.165, 1.54) is 0 Å². The summed E-state index contributed by atoms with van der Waals surface area (Å²) in [5, 5.41) is 25.4. The van der Waals surface area contributed by atoms with E-state index in [2.05, 4.69) is 22.3 Å². The molecule has 0 bridgehead atoms. The third-order valence-electron chi connectivity index (χ3n) is 4.28. The average Bonchev–Trinajstić information content (AvgIpc) is 2.54. The van der Waals surface area contributed by atoms with Gasteiger partial charge >= 0.3 is 0 Å². The van der Waals surface area contributed by atoms with Crippen molar-refractivity contribution < 1.29 is 10.2 Å². The van der Waals surface area contributed by atoms with Gasteiger partial charge in [-0.05, 0) is 23.3 Å². The minimum absolute atomic E-state index is 0. The highest BCUT2D eigenvalue weighted by molar-refractivity contribution is 5.88.